The monoisotopic (exact) mass is 409 g/mol. The third-order valence-electron chi connectivity index (χ3n) is 4.59. The molecule has 0 saturated carbocycles. The second kappa shape index (κ2) is 9.16. The number of hydrogen-bond donors (Lipinski definition) is 0. The van der Waals surface area contributed by atoms with E-state index < -0.39 is 32.5 Å². The van der Waals surface area contributed by atoms with Gasteiger partial charge in [0.25, 0.3) is 0 Å². The summed E-state index contributed by atoms with van der Waals surface area (Å²) >= 11 is 0. The Kier molecular flexibility index (Phi) is 7.41. The molecule has 1 aliphatic rings. The van der Waals surface area contributed by atoms with Crippen molar-refractivity contribution in [3.63, 3.8) is 0 Å². The van der Waals surface area contributed by atoms with Gasteiger partial charge in [-0.25, -0.2) is 12.8 Å². The van der Waals surface area contributed by atoms with Gasteiger partial charge in [0.1, 0.15) is 10.7 Å². The van der Waals surface area contributed by atoms with Gasteiger partial charge in [-0.3, -0.25) is 0 Å². The quantitative estimate of drug-likeness (QED) is 0.511. The Morgan fingerprint density at radius 2 is 1.93 bits per heavy atom. The highest BCUT2D eigenvalue weighted by molar-refractivity contribution is 7.91. The van der Waals surface area contributed by atoms with Crippen LogP contribution in [0.25, 0.3) is 0 Å². The molecular formula is C18H23F4NO3S. The summed E-state index contributed by atoms with van der Waals surface area (Å²) in [6, 6.07) is 4.09. The average molecular weight is 409 g/mol. The highest BCUT2D eigenvalue weighted by Gasteiger charge is 2.27. The minimum Gasteiger partial charge on any atom is -0.383 e. The lowest BCUT2D eigenvalue weighted by Gasteiger charge is -2.32. The number of alkyl halides is 3. The van der Waals surface area contributed by atoms with Crippen LogP contribution in [0.4, 0.5) is 17.6 Å². The van der Waals surface area contributed by atoms with E-state index in [0.29, 0.717) is 31.1 Å². The number of ether oxygens (including phenoxy) is 1. The van der Waals surface area contributed by atoms with Crippen LogP contribution in [-0.4, -0.2) is 58.6 Å². The Hall–Kier alpha value is -1.45. The second-order valence-electron chi connectivity index (χ2n) is 6.49. The highest BCUT2D eigenvalue weighted by Crippen LogP contribution is 2.32. The van der Waals surface area contributed by atoms with Crippen LogP contribution in [0.2, 0.25) is 0 Å². The fraction of sp³-hybridized carbons (Fsp3) is 0.556. The van der Waals surface area contributed by atoms with Crippen LogP contribution in [0.5, 0.6) is 0 Å². The molecule has 1 heterocycles. The number of benzene rings is 1. The molecule has 1 aromatic carbocycles. The van der Waals surface area contributed by atoms with Crippen molar-refractivity contribution in [2.75, 3.05) is 39.1 Å². The predicted molar refractivity (Wildman–Crippen MR) is 93.9 cm³/mol. The SMILES string of the molecule is COCCN1CCC(c2cccc(S(=O)(=O)CC=CC(F)(F)F)c2F)CC1. The molecule has 0 unspecified atom stereocenters. The highest BCUT2D eigenvalue weighted by atomic mass is 32.2. The largest absolute Gasteiger partial charge is 0.409 e. The van der Waals surface area contributed by atoms with E-state index in [1.807, 2.05) is 0 Å². The van der Waals surface area contributed by atoms with E-state index in [1.54, 1.807) is 13.2 Å². The maximum absolute atomic E-state index is 14.9. The molecule has 152 valence electrons. The van der Waals surface area contributed by atoms with Crippen LogP contribution in [0.3, 0.4) is 0 Å². The van der Waals surface area contributed by atoms with Gasteiger partial charge >= 0.3 is 6.18 Å². The molecular weight excluding hydrogens is 386 g/mol. The zero-order chi connectivity index (χ0) is 20.1. The van der Waals surface area contributed by atoms with Crippen LogP contribution in [0, 0.1) is 5.82 Å². The number of allylic oxidation sites excluding steroid dienone is 1. The number of likely N-dealkylation sites (tertiary alicyclic amines) is 1. The summed E-state index contributed by atoms with van der Waals surface area (Å²) in [4.78, 5) is 1.65. The Bertz CT molecular complexity index is 754. The van der Waals surface area contributed by atoms with E-state index >= 15 is 0 Å². The molecule has 0 radical (unpaired) electrons. The van der Waals surface area contributed by atoms with Gasteiger partial charge in [-0.05, 0) is 43.5 Å². The van der Waals surface area contributed by atoms with Crippen molar-refractivity contribution in [1.82, 2.24) is 4.90 Å². The second-order valence-corrected chi connectivity index (χ2v) is 8.50. The first-order valence-corrected chi connectivity index (χ1v) is 10.3. The normalized spacial score (nSPS) is 17.7. The van der Waals surface area contributed by atoms with Crippen molar-refractivity contribution in [2.24, 2.45) is 0 Å². The van der Waals surface area contributed by atoms with Crippen LogP contribution < -0.4 is 0 Å². The molecule has 0 N–H and O–H groups in total. The van der Waals surface area contributed by atoms with E-state index in [2.05, 4.69) is 4.90 Å². The molecule has 1 saturated heterocycles. The van der Waals surface area contributed by atoms with Crippen LogP contribution in [0.15, 0.2) is 35.2 Å². The third kappa shape index (κ3) is 6.29. The average Bonchev–Trinajstić information content (AvgIpc) is 2.59. The topological polar surface area (TPSA) is 46.6 Å². The zero-order valence-electron chi connectivity index (χ0n) is 15.0. The number of sulfone groups is 1. The summed E-state index contributed by atoms with van der Waals surface area (Å²) in [5.41, 5.74) is 0.308. The van der Waals surface area contributed by atoms with Crippen molar-refractivity contribution in [3.8, 4) is 0 Å². The molecule has 4 nitrogen and oxygen atoms in total. The van der Waals surface area contributed by atoms with E-state index in [1.165, 1.54) is 6.07 Å². The van der Waals surface area contributed by atoms with E-state index in [9.17, 15) is 26.0 Å². The van der Waals surface area contributed by atoms with Gasteiger partial charge in [-0.2, -0.15) is 13.2 Å². The van der Waals surface area contributed by atoms with Gasteiger partial charge < -0.3 is 9.64 Å². The molecule has 1 aliphatic heterocycles. The smallest absolute Gasteiger partial charge is 0.383 e. The molecule has 0 aromatic heterocycles. The van der Waals surface area contributed by atoms with Gasteiger partial charge in [0.05, 0.1) is 12.4 Å². The lowest BCUT2D eigenvalue weighted by Crippen LogP contribution is -2.35. The van der Waals surface area contributed by atoms with E-state index in [0.717, 1.165) is 25.7 Å². The van der Waals surface area contributed by atoms with Crippen molar-refractivity contribution < 1.29 is 30.7 Å². The lowest BCUT2D eigenvalue weighted by molar-refractivity contribution is -0.0799. The summed E-state index contributed by atoms with van der Waals surface area (Å²) in [6.07, 6.45) is -2.90. The molecule has 0 amide bonds. The molecule has 0 spiro atoms. The number of methoxy groups -OCH3 is 1. The fourth-order valence-electron chi connectivity index (χ4n) is 3.17. The Balaban J connectivity index is 2.13. The molecule has 1 fully saturated rings. The molecule has 1 aromatic rings. The van der Waals surface area contributed by atoms with Gasteiger partial charge in [-0.1, -0.05) is 18.2 Å². The summed E-state index contributed by atoms with van der Waals surface area (Å²) in [7, 11) is -2.56. The molecule has 0 bridgehead atoms. The Morgan fingerprint density at radius 1 is 1.26 bits per heavy atom. The van der Waals surface area contributed by atoms with Crippen LogP contribution >= 0.6 is 0 Å². The van der Waals surface area contributed by atoms with Gasteiger partial charge in [0.2, 0.25) is 0 Å². The molecule has 2 rings (SSSR count). The van der Waals surface area contributed by atoms with Crippen molar-refractivity contribution in [1.29, 1.82) is 0 Å². The minimum atomic E-state index is -4.60. The van der Waals surface area contributed by atoms with E-state index in [-0.39, 0.29) is 12.0 Å². The third-order valence-corrected chi connectivity index (χ3v) is 6.21. The van der Waals surface area contributed by atoms with Crippen LogP contribution in [-0.2, 0) is 14.6 Å². The molecule has 9 heteroatoms. The Morgan fingerprint density at radius 3 is 2.52 bits per heavy atom. The summed E-state index contributed by atoms with van der Waals surface area (Å²) < 4.78 is 80.9. The number of rotatable bonds is 7. The standard InChI is InChI=1S/C18H23F4NO3S/c1-26-12-11-23-9-6-14(7-10-23)15-4-2-5-16(17(15)19)27(24,25)13-3-8-18(20,21)22/h2-5,8,14H,6-7,9-13H2,1H3. The van der Waals surface area contributed by atoms with Crippen molar-refractivity contribution >= 4 is 9.84 Å². The van der Waals surface area contributed by atoms with E-state index in [4.69, 9.17) is 4.74 Å². The first-order chi connectivity index (χ1) is 12.6. The molecule has 27 heavy (non-hydrogen) atoms. The minimum absolute atomic E-state index is 0.121. The van der Waals surface area contributed by atoms with Crippen LogP contribution in [0.1, 0.15) is 24.3 Å². The first-order valence-electron chi connectivity index (χ1n) is 8.61. The first kappa shape index (κ1) is 21.8. The number of hydrogen-bond acceptors (Lipinski definition) is 4. The van der Waals surface area contributed by atoms with Crippen molar-refractivity contribution in [3.05, 3.63) is 41.7 Å². The maximum Gasteiger partial charge on any atom is 0.409 e. The zero-order valence-corrected chi connectivity index (χ0v) is 15.8. The van der Waals surface area contributed by atoms with Gasteiger partial charge in [0.15, 0.2) is 9.84 Å². The maximum atomic E-state index is 14.9. The van der Waals surface area contributed by atoms with Gasteiger partial charge in [-0.15, -0.1) is 0 Å². The lowest BCUT2D eigenvalue weighted by atomic mass is 9.89. The summed E-state index contributed by atoms with van der Waals surface area (Å²) in [5, 5.41) is 0. The number of halogens is 4. The van der Waals surface area contributed by atoms with Gasteiger partial charge in [0, 0.05) is 19.7 Å². The summed E-state index contributed by atoms with van der Waals surface area (Å²) in [6.45, 7) is 2.89. The molecule has 0 atom stereocenters. The predicted octanol–water partition coefficient (Wildman–Crippen LogP) is 3.54. The molecule has 0 aliphatic carbocycles. The number of nitrogens with zero attached hydrogens (tertiary/aromatic N) is 1. The fourth-order valence-corrected chi connectivity index (χ4v) is 4.38. The summed E-state index contributed by atoms with van der Waals surface area (Å²) in [5.74, 6) is -1.87. The number of piperidine rings is 1. The Labute approximate surface area is 156 Å². The van der Waals surface area contributed by atoms with Crippen molar-refractivity contribution in [2.45, 2.75) is 29.8 Å².